The minimum absolute atomic E-state index is 0.132. The lowest BCUT2D eigenvalue weighted by molar-refractivity contribution is -0.128. The summed E-state index contributed by atoms with van der Waals surface area (Å²) < 4.78 is 10.9. The van der Waals surface area contributed by atoms with Gasteiger partial charge in [-0.3, -0.25) is 10.4 Å². The Balaban J connectivity index is 1.80. The topological polar surface area (TPSA) is 80.8 Å². The van der Waals surface area contributed by atoms with Gasteiger partial charge in [0.2, 0.25) is 0 Å². The van der Waals surface area contributed by atoms with E-state index in [4.69, 9.17) is 31.9 Å². The molecule has 0 aliphatic rings. The number of halogens is 1. The summed E-state index contributed by atoms with van der Waals surface area (Å²) in [6, 6.07) is 20.5. The molecule has 1 aromatic heterocycles. The molecule has 0 saturated carbocycles. The highest BCUT2D eigenvalue weighted by molar-refractivity contribution is 6.30. The third-order valence-electron chi connectivity index (χ3n) is 3.91. The van der Waals surface area contributed by atoms with Crippen molar-refractivity contribution in [2.75, 3.05) is 0 Å². The number of aromatic nitrogens is 1. The first-order valence-electron chi connectivity index (χ1n) is 8.54. The second-order valence-corrected chi connectivity index (χ2v) is 6.28. The van der Waals surface area contributed by atoms with Crippen molar-refractivity contribution in [3.63, 3.8) is 0 Å². The molecule has 0 atom stereocenters. The molecule has 5 nitrogen and oxygen atoms in total. The van der Waals surface area contributed by atoms with Gasteiger partial charge in [0.25, 0.3) is 0 Å². The van der Waals surface area contributed by atoms with E-state index in [1.165, 1.54) is 0 Å². The van der Waals surface area contributed by atoms with Crippen molar-refractivity contribution in [3.05, 3.63) is 94.8 Å². The number of nitrogens with two attached hydrogens (primary N) is 1. The van der Waals surface area contributed by atoms with Crippen molar-refractivity contribution in [3.8, 4) is 5.75 Å². The summed E-state index contributed by atoms with van der Waals surface area (Å²) in [5, 5.41) is 13.8. The summed E-state index contributed by atoms with van der Waals surface area (Å²) in [5.41, 5.74) is 3.25. The molecule has 0 spiro atoms. The lowest BCUT2D eigenvalue weighted by Crippen LogP contribution is -2.41. The summed E-state index contributed by atoms with van der Waals surface area (Å²) in [6.45, 7) is 0.388. The number of hydrogen-bond donors (Lipinski definition) is 2. The van der Waals surface area contributed by atoms with Gasteiger partial charge in [0.1, 0.15) is 12.4 Å². The maximum Gasteiger partial charge on any atom is 0.373 e. The van der Waals surface area contributed by atoms with Gasteiger partial charge in [0.15, 0.2) is 6.40 Å². The van der Waals surface area contributed by atoms with Gasteiger partial charge in [-0.05, 0) is 53.6 Å². The van der Waals surface area contributed by atoms with Gasteiger partial charge in [-0.1, -0.05) is 41.9 Å². The van der Waals surface area contributed by atoms with Crippen LogP contribution in [-0.2, 0) is 11.3 Å². The monoisotopic (exact) mass is 392 g/mol. The van der Waals surface area contributed by atoms with E-state index in [0.29, 0.717) is 23.0 Å². The number of nitrogens with zero attached hydrogens (tertiary/aromatic N) is 1. The van der Waals surface area contributed by atoms with Crippen LogP contribution in [0.2, 0.25) is 5.02 Å². The van der Waals surface area contributed by atoms with Gasteiger partial charge in [-0.15, -0.1) is 0 Å². The van der Waals surface area contributed by atoms with Gasteiger partial charge in [0, 0.05) is 11.2 Å². The van der Waals surface area contributed by atoms with E-state index >= 15 is 0 Å². The molecule has 3 N–H and O–H groups in total. The SMILES string of the molecule is N=COC(=[NH2+])/C(=C/c1ccc(Cl)cc1)c1ccc(OCc2ccccn2)cc1. The Morgan fingerprint density at radius 2 is 1.79 bits per heavy atom. The molecule has 0 saturated heterocycles. The maximum atomic E-state index is 7.15. The summed E-state index contributed by atoms with van der Waals surface area (Å²) in [5.74, 6) is 0.846. The number of hydrogen-bond acceptors (Lipinski definition) is 4. The highest BCUT2D eigenvalue weighted by Crippen LogP contribution is 2.23. The molecule has 3 rings (SSSR count). The van der Waals surface area contributed by atoms with Crippen LogP contribution in [0.15, 0.2) is 72.9 Å². The van der Waals surface area contributed by atoms with Crippen molar-refractivity contribution in [2.45, 2.75) is 6.61 Å². The highest BCUT2D eigenvalue weighted by Gasteiger charge is 2.15. The zero-order valence-corrected chi connectivity index (χ0v) is 15.8. The van der Waals surface area contributed by atoms with Crippen molar-refractivity contribution in [1.82, 2.24) is 4.98 Å². The summed E-state index contributed by atoms with van der Waals surface area (Å²) in [7, 11) is 0. The zero-order valence-electron chi connectivity index (χ0n) is 15.0. The van der Waals surface area contributed by atoms with Crippen LogP contribution in [0.3, 0.4) is 0 Å². The molecule has 6 heteroatoms. The number of ether oxygens (including phenoxy) is 2. The van der Waals surface area contributed by atoms with E-state index in [0.717, 1.165) is 23.2 Å². The largest absolute Gasteiger partial charge is 0.487 e. The van der Waals surface area contributed by atoms with Crippen molar-refractivity contribution in [2.24, 2.45) is 0 Å². The van der Waals surface area contributed by atoms with E-state index in [1.807, 2.05) is 60.7 Å². The zero-order chi connectivity index (χ0) is 19.8. The lowest BCUT2D eigenvalue weighted by Gasteiger charge is -2.08. The predicted molar refractivity (Wildman–Crippen MR) is 111 cm³/mol. The van der Waals surface area contributed by atoms with Gasteiger partial charge in [-0.2, -0.15) is 0 Å². The van der Waals surface area contributed by atoms with Crippen LogP contribution in [0.5, 0.6) is 5.75 Å². The average molecular weight is 393 g/mol. The second kappa shape index (κ2) is 9.48. The van der Waals surface area contributed by atoms with Crippen LogP contribution in [0.4, 0.5) is 0 Å². The fourth-order valence-corrected chi connectivity index (χ4v) is 2.65. The third-order valence-corrected chi connectivity index (χ3v) is 4.16. The van der Waals surface area contributed by atoms with Gasteiger partial charge < -0.3 is 9.47 Å². The molecule has 1 heterocycles. The minimum Gasteiger partial charge on any atom is -0.487 e. The Kier molecular flexibility index (Phi) is 6.54. The van der Waals surface area contributed by atoms with Gasteiger partial charge >= 0.3 is 5.90 Å². The number of nitrogens with one attached hydrogen (secondary N) is 1. The van der Waals surface area contributed by atoms with Crippen LogP contribution in [0, 0.1) is 5.41 Å². The van der Waals surface area contributed by atoms with Crippen LogP contribution in [0.1, 0.15) is 16.8 Å². The summed E-state index contributed by atoms with van der Waals surface area (Å²) in [6.07, 6.45) is 4.41. The molecule has 0 fully saturated rings. The molecule has 0 aliphatic carbocycles. The summed E-state index contributed by atoms with van der Waals surface area (Å²) >= 11 is 5.95. The van der Waals surface area contributed by atoms with E-state index in [2.05, 4.69) is 4.98 Å². The first-order valence-corrected chi connectivity index (χ1v) is 8.92. The first kappa shape index (κ1) is 19.3. The van der Waals surface area contributed by atoms with E-state index in [9.17, 15) is 0 Å². The molecule has 3 aromatic rings. The number of benzene rings is 2. The first-order chi connectivity index (χ1) is 13.7. The third kappa shape index (κ3) is 5.28. The number of rotatable bonds is 7. The van der Waals surface area contributed by atoms with Crippen LogP contribution < -0.4 is 10.1 Å². The van der Waals surface area contributed by atoms with Crippen molar-refractivity contribution >= 4 is 35.5 Å². The van der Waals surface area contributed by atoms with E-state index in [1.54, 1.807) is 18.3 Å². The smallest absolute Gasteiger partial charge is 0.373 e. The van der Waals surface area contributed by atoms with Gasteiger partial charge in [0.05, 0.1) is 11.3 Å². The molecule has 0 radical (unpaired) electrons. The molecule has 140 valence electrons. The van der Waals surface area contributed by atoms with Crippen molar-refractivity contribution < 1.29 is 14.9 Å². The standard InChI is InChI=1S/C22H18ClN3O2/c23-18-8-4-16(5-9-18)13-21(22(25)28-15-24)17-6-10-20(11-7-17)27-14-19-3-1-2-12-26-19/h1-13,15,24-25H,14H2/p+1/b21-13+,24-15?,25-22?. The van der Waals surface area contributed by atoms with E-state index < -0.39 is 0 Å². The molecule has 0 unspecified atom stereocenters. The molecule has 28 heavy (non-hydrogen) atoms. The quantitative estimate of drug-likeness (QED) is 0.366. The number of pyridine rings is 1. The van der Waals surface area contributed by atoms with Gasteiger partial charge in [-0.25, -0.2) is 5.41 Å². The Morgan fingerprint density at radius 1 is 1.04 bits per heavy atom. The lowest BCUT2D eigenvalue weighted by atomic mass is 10.0. The molecular formula is C22H19ClN3O2+. The Hall–Kier alpha value is -3.44. The Morgan fingerprint density at radius 3 is 2.43 bits per heavy atom. The van der Waals surface area contributed by atoms with Crippen molar-refractivity contribution in [1.29, 1.82) is 5.41 Å². The minimum atomic E-state index is 0.132. The fourth-order valence-electron chi connectivity index (χ4n) is 2.52. The molecule has 2 aromatic carbocycles. The summed E-state index contributed by atoms with van der Waals surface area (Å²) in [4.78, 5) is 4.24. The molecule has 0 amide bonds. The highest BCUT2D eigenvalue weighted by atomic mass is 35.5. The second-order valence-electron chi connectivity index (χ2n) is 5.84. The fraction of sp³-hybridized carbons (Fsp3) is 0.0455. The van der Waals surface area contributed by atoms with Crippen LogP contribution in [0.25, 0.3) is 11.6 Å². The normalized spacial score (nSPS) is 11.0. The maximum absolute atomic E-state index is 7.15. The Labute approximate surface area is 168 Å². The molecule has 0 aliphatic heterocycles. The van der Waals surface area contributed by atoms with Crippen LogP contribution >= 0.6 is 11.6 Å². The Bertz CT molecular complexity index is 969. The van der Waals surface area contributed by atoms with E-state index in [-0.39, 0.29) is 5.90 Å². The van der Waals surface area contributed by atoms with Crippen LogP contribution in [-0.4, -0.2) is 17.3 Å². The molecule has 0 bridgehead atoms. The average Bonchev–Trinajstić information content (AvgIpc) is 2.73. The predicted octanol–water partition coefficient (Wildman–Crippen LogP) is 3.64. The molecular weight excluding hydrogens is 374 g/mol.